The molecular weight excluding hydrogens is 272 g/mol. The maximum Gasteiger partial charge on any atom is 0.312 e. The van der Waals surface area contributed by atoms with E-state index in [1.165, 1.54) is 11.1 Å². The molecule has 21 heavy (non-hydrogen) atoms. The van der Waals surface area contributed by atoms with Gasteiger partial charge in [-0.3, -0.25) is 19.6 Å². The third-order valence-electron chi connectivity index (χ3n) is 4.28. The van der Waals surface area contributed by atoms with Crippen molar-refractivity contribution in [3.05, 3.63) is 21.5 Å². The molecule has 0 saturated heterocycles. The first-order valence-corrected chi connectivity index (χ1v) is 7.38. The molecule has 0 aliphatic heterocycles. The smallest absolute Gasteiger partial charge is 0.312 e. The molecule has 1 saturated carbocycles. The summed E-state index contributed by atoms with van der Waals surface area (Å²) in [5.74, 6) is 0.353. The average molecular weight is 294 g/mol. The predicted octanol–water partition coefficient (Wildman–Crippen LogP) is 2.10. The number of carbonyl (C=O) groups excluding carboxylic acids is 1. The zero-order valence-electron chi connectivity index (χ0n) is 12.8. The zero-order valence-corrected chi connectivity index (χ0v) is 12.8. The average Bonchev–Trinajstić information content (AvgIpc) is 2.67. The Morgan fingerprint density at radius 2 is 2.10 bits per heavy atom. The van der Waals surface area contributed by atoms with Crippen LogP contribution in [0.15, 0.2) is 0 Å². The van der Waals surface area contributed by atoms with E-state index in [1.807, 2.05) is 0 Å². The van der Waals surface area contributed by atoms with Crippen LogP contribution < -0.4 is 5.32 Å². The van der Waals surface area contributed by atoms with Crippen LogP contribution in [0.25, 0.3) is 0 Å². The highest BCUT2D eigenvalue weighted by Gasteiger charge is 2.25. The summed E-state index contributed by atoms with van der Waals surface area (Å²) in [7, 11) is 0. The van der Waals surface area contributed by atoms with Gasteiger partial charge in [0.15, 0.2) is 0 Å². The Balaban J connectivity index is 2.03. The van der Waals surface area contributed by atoms with Crippen LogP contribution in [-0.2, 0) is 11.3 Å². The first kappa shape index (κ1) is 15.5. The van der Waals surface area contributed by atoms with Gasteiger partial charge in [0.05, 0.1) is 4.92 Å². The van der Waals surface area contributed by atoms with E-state index < -0.39 is 4.92 Å². The van der Waals surface area contributed by atoms with Gasteiger partial charge in [-0.25, -0.2) is 0 Å². The highest BCUT2D eigenvalue weighted by atomic mass is 16.6. The van der Waals surface area contributed by atoms with Gasteiger partial charge < -0.3 is 5.32 Å². The zero-order chi connectivity index (χ0) is 15.6. The summed E-state index contributed by atoms with van der Waals surface area (Å²) >= 11 is 0. The molecule has 116 valence electrons. The second-order valence-corrected chi connectivity index (χ2v) is 5.87. The summed E-state index contributed by atoms with van der Waals surface area (Å²) in [5.41, 5.74) is 0.759. The van der Waals surface area contributed by atoms with Crippen LogP contribution in [0.3, 0.4) is 0 Å². The lowest BCUT2D eigenvalue weighted by atomic mass is 9.86. The summed E-state index contributed by atoms with van der Waals surface area (Å²) < 4.78 is 1.41. The number of nitrogens with one attached hydrogen (secondary N) is 1. The van der Waals surface area contributed by atoms with E-state index in [0.29, 0.717) is 17.3 Å². The van der Waals surface area contributed by atoms with Gasteiger partial charge in [-0.15, -0.1) is 0 Å². The molecule has 1 aliphatic carbocycles. The van der Waals surface area contributed by atoms with Crippen molar-refractivity contribution in [2.45, 2.75) is 59.0 Å². The van der Waals surface area contributed by atoms with Crippen LogP contribution >= 0.6 is 0 Å². The number of aromatic nitrogens is 2. The lowest BCUT2D eigenvalue weighted by molar-refractivity contribution is -0.386. The van der Waals surface area contributed by atoms with E-state index in [1.54, 1.807) is 13.8 Å². The van der Waals surface area contributed by atoms with Crippen molar-refractivity contribution in [3.8, 4) is 0 Å². The number of carbonyl (C=O) groups is 1. The third kappa shape index (κ3) is 3.40. The fourth-order valence-electron chi connectivity index (χ4n) is 3.02. The monoisotopic (exact) mass is 294 g/mol. The van der Waals surface area contributed by atoms with Crippen LogP contribution in [0, 0.1) is 29.9 Å². The number of amides is 1. The minimum absolute atomic E-state index is 0.00571. The topological polar surface area (TPSA) is 90.1 Å². The molecule has 1 fully saturated rings. The van der Waals surface area contributed by atoms with E-state index in [4.69, 9.17) is 0 Å². The van der Waals surface area contributed by atoms with E-state index in [0.717, 1.165) is 19.3 Å². The van der Waals surface area contributed by atoms with E-state index >= 15 is 0 Å². The molecule has 1 N–H and O–H groups in total. The number of nitrogens with zero attached hydrogens (tertiary/aromatic N) is 3. The van der Waals surface area contributed by atoms with Crippen molar-refractivity contribution in [2.24, 2.45) is 5.92 Å². The quantitative estimate of drug-likeness (QED) is 0.680. The van der Waals surface area contributed by atoms with E-state index in [9.17, 15) is 14.9 Å². The Labute approximate surface area is 123 Å². The minimum atomic E-state index is -0.449. The summed E-state index contributed by atoms with van der Waals surface area (Å²) in [6.07, 6.45) is 4.50. The van der Waals surface area contributed by atoms with Crippen molar-refractivity contribution in [3.63, 3.8) is 0 Å². The lowest BCUT2D eigenvalue weighted by Gasteiger charge is -2.29. The first-order valence-electron chi connectivity index (χ1n) is 7.38. The fraction of sp³-hybridized carbons (Fsp3) is 0.714. The molecule has 2 atom stereocenters. The van der Waals surface area contributed by atoms with Crippen molar-refractivity contribution < 1.29 is 9.72 Å². The van der Waals surface area contributed by atoms with Gasteiger partial charge in [-0.2, -0.15) is 5.10 Å². The van der Waals surface area contributed by atoms with Crippen LogP contribution in [0.2, 0.25) is 0 Å². The second-order valence-electron chi connectivity index (χ2n) is 5.87. The fourth-order valence-corrected chi connectivity index (χ4v) is 3.02. The van der Waals surface area contributed by atoms with E-state index in [2.05, 4.69) is 17.3 Å². The Bertz CT molecular complexity index is 553. The number of rotatable bonds is 4. The normalized spacial score (nSPS) is 22.0. The molecule has 1 aromatic rings. The van der Waals surface area contributed by atoms with Crippen LogP contribution in [0.4, 0.5) is 5.69 Å². The first-order chi connectivity index (χ1) is 9.90. The molecule has 0 spiro atoms. The highest BCUT2D eigenvalue weighted by molar-refractivity contribution is 5.76. The molecule has 2 rings (SSSR count). The molecule has 0 radical (unpaired) electrons. The van der Waals surface area contributed by atoms with Crippen molar-refractivity contribution in [1.82, 2.24) is 15.1 Å². The van der Waals surface area contributed by atoms with E-state index in [-0.39, 0.29) is 24.2 Å². The Kier molecular flexibility index (Phi) is 4.59. The molecular formula is C14H22N4O3. The molecule has 1 heterocycles. The van der Waals surface area contributed by atoms with Gasteiger partial charge in [-0.05, 0) is 32.6 Å². The molecule has 1 aromatic heterocycles. The summed E-state index contributed by atoms with van der Waals surface area (Å²) in [5, 5.41) is 18.1. The molecule has 0 unspecified atom stereocenters. The molecule has 0 aromatic carbocycles. The minimum Gasteiger partial charge on any atom is -0.351 e. The van der Waals surface area contributed by atoms with Crippen LogP contribution in [0.1, 0.15) is 44.0 Å². The standard InChI is InChI=1S/C14H22N4O3/c1-9-6-4-5-7-12(9)15-13(19)8-17-11(3)14(18(20)21)10(2)16-17/h9,12H,4-8H2,1-3H3,(H,15,19)/t9-,12-/m1/s1. The third-order valence-corrected chi connectivity index (χ3v) is 4.28. The number of nitro groups is 1. The van der Waals surface area contributed by atoms with Gasteiger partial charge in [0.1, 0.15) is 17.9 Å². The van der Waals surface area contributed by atoms with Crippen molar-refractivity contribution >= 4 is 11.6 Å². The van der Waals surface area contributed by atoms with Gasteiger partial charge in [0.25, 0.3) is 0 Å². The SMILES string of the molecule is Cc1nn(CC(=O)N[C@@H]2CCCC[C@H]2C)c(C)c1[N+](=O)[O-]. The second kappa shape index (κ2) is 6.24. The molecule has 7 heteroatoms. The van der Waals surface area contributed by atoms with Gasteiger partial charge >= 0.3 is 5.69 Å². The molecule has 7 nitrogen and oxygen atoms in total. The number of aryl methyl sites for hydroxylation is 1. The van der Waals surface area contributed by atoms with Crippen LogP contribution in [-0.4, -0.2) is 26.7 Å². The van der Waals surface area contributed by atoms with Crippen LogP contribution in [0.5, 0.6) is 0 Å². The maximum absolute atomic E-state index is 12.1. The number of hydrogen-bond donors (Lipinski definition) is 1. The lowest BCUT2D eigenvalue weighted by Crippen LogP contribution is -2.42. The summed E-state index contributed by atoms with van der Waals surface area (Å²) in [6.45, 7) is 5.39. The van der Waals surface area contributed by atoms with Gasteiger partial charge in [0.2, 0.25) is 5.91 Å². The van der Waals surface area contributed by atoms with Gasteiger partial charge in [0, 0.05) is 6.04 Å². The molecule has 0 bridgehead atoms. The summed E-state index contributed by atoms with van der Waals surface area (Å²) in [6, 6.07) is 0.207. The molecule has 1 aliphatic rings. The highest BCUT2D eigenvalue weighted by Crippen LogP contribution is 2.24. The largest absolute Gasteiger partial charge is 0.351 e. The predicted molar refractivity (Wildman–Crippen MR) is 77.9 cm³/mol. The van der Waals surface area contributed by atoms with Crippen molar-refractivity contribution in [1.29, 1.82) is 0 Å². The Morgan fingerprint density at radius 1 is 1.43 bits per heavy atom. The summed E-state index contributed by atoms with van der Waals surface area (Å²) in [4.78, 5) is 22.6. The Hall–Kier alpha value is -1.92. The van der Waals surface area contributed by atoms with Crippen molar-refractivity contribution in [2.75, 3.05) is 0 Å². The number of hydrogen-bond acceptors (Lipinski definition) is 4. The van der Waals surface area contributed by atoms with Gasteiger partial charge in [-0.1, -0.05) is 19.8 Å². The Morgan fingerprint density at radius 3 is 2.67 bits per heavy atom. The molecule has 1 amide bonds. The maximum atomic E-state index is 12.1.